The van der Waals surface area contributed by atoms with Gasteiger partial charge in [0.2, 0.25) is 0 Å². The number of carbonyl (C=O) groups excluding carboxylic acids is 1. The lowest BCUT2D eigenvalue weighted by atomic mass is 10.1. The van der Waals surface area contributed by atoms with Crippen molar-refractivity contribution in [3.8, 4) is 0 Å². The van der Waals surface area contributed by atoms with Crippen molar-refractivity contribution in [1.29, 1.82) is 0 Å². The van der Waals surface area contributed by atoms with E-state index in [9.17, 15) is 4.79 Å². The molecule has 0 aromatic rings. The lowest BCUT2D eigenvalue weighted by molar-refractivity contribution is -0.146. The molecule has 1 atom stereocenters. The Morgan fingerprint density at radius 3 is 2.25 bits per heavy atom. The van der Waals surface area contributed by atoms with E-state index in [1.165, 1.54) is 45.4 Å². The van der Waals surface area contributed by atoms with Gasteiger partial charge in [-0.2, -0.15) is 0 Å². The largest absolute Gasteiger partial charge is 0.462 e. The fraction of sp³-hybridized carbons (Fsp3) is 0.833. The molecule has 0 aromatic heterocycles. The molecule has 0 amide bonds. The van der Waals surface area contributed by atoms with Crippen LogP contribution >= 0.6 is 0 Å². The van der Waals surface area contributed by atoms with Gasteiger partial charge in [0.1, 0.15) is 6.10 Å². The number of unbranched alkanes of at least 4 members (excludes halogenated alkanes) is 7. The van der Waals surface area contributed by atoms with Crippen molar-refractivity contribution in [2.75, 3.05) is 0 Å². The molecule has 0 bridgehead atoms. The quantitative estimate of drug-likeness (QED) is 0.242. The van der Waals surface area contributed by atoms with Crippen LogP contribution in [0.25, 0.3) is 0 Å². The third kappa shape index (κ3) is 13.6. The molecule has 0 heterocycles. The summed E-state index contributed by atoms with van der Waals surface area (Å²) in [6.45, 7) is 5.92. The van der Waals surface area contributed by atoms with Crippen LogP contribution in [-0.4, -0.2) is 12.1 Å². The van der Waals surface area contributed by atoms with Crippen LogP contribution < -0.4 is 0 Å². The summed E-state index contributed by atoms with van der Waals surface area (Å²) in [4.78, 5) is 11.0. The van der Waals surface area contributed by atoms with Gasteiger partial charge in [0, 0.05) is 13.3 Å². The molecule has 2 heteroatoms. The highest BCUT2D eigenvalue weighted by Crippen LogP contribution is 2.11. The van der Waals surface area contributed by atoms with E-state index in [0.29, 0.717) is 0 Å². The Hall–Kier alpha value is -0.790. The standard InChI is InChI=1S/C18H34O2/c1-4-6-8-9-10-11-12-13-14-16-18(15-7-5-2)20-17(3)19/h13-14,18H,4-12,15-16H2,1-3H3. The first-order valence-corrected chi connectivity index (χ1v) is 8.52. The second-order valence-electron chi connectivity index (χ2n) is 5.64. The molecule has 0 saturated heterocycles. The Morgan fingerprint density at radius 1 is 0.950 bits per heavy atom. The van der Waals surface area contributed by atoms with Gasteiger partial charge in [-0.3, -0.25) is 4.79 Å². The monoisotopic (exact) mass is 282 g/mol. The molecule has 0 aliphatic rings. The summed E-state index contributed by atoms with van der Waals surface area (Å²) in [5.41, 5.74) is 0. The highest BCUT2D eigenvalue weighted by atomic mass is 16.5. The van der Waals surface area contributed by atoms with Crippen molar-refractivity contribution >= 4 is 5.97 Å². The van der Waals surface area contributed by atoms with E-state index in [1.54, 1.807) is 0 Å². The van der Waals surface area contributed by atoms with E-state index in [2.05, 4.69) is 26.0 Å². The molecule has 0 aromatic carbocycles. The van der Waals surface area contributed by atoms with Crippen LogP contribution in [0.15, 0.2) is 12.2 Å². The molecular formula is C18H34O2. The van der Waals surface area contributed by atoms with E-state index >= 15 is 0 Å². The number of esters is 1. The minimum atomic E-state index is -0.157. The van der Waals surface area contributed by atoms with Crippen molar-refractivity contribution in [1.82, 2.24) is 0 Å². The van der Waals surface area contributed by atoms with Crippen LogP contribution in [-0.2, 0) is 9.53 Å². The predicted molar refractivity (Wildman–Crippen MR) is 86.8 cm³/mol. The van der Waals surface area contributed by atoms with Gasteiger partial charge in [0.15, 0.2) is 0 Å². The zero-order valence-corrected chi connectivity index (χ0v) is 13.8. The molecule has 0 saturated carbocycles. The van der Waals surface area contributed by atoms with Crippen LogP contribution in [0.1, 0.15) is 91.4 Å². The minimum absolute atomic E-state index is 0.0771. The lowest BCUT2D eigenvalue weighted by Gasteiger charge is -2.14. The van der Waals surface area contributed by atoms with E-state index in [-0.39, 0.29) is 12.1 Å². The summed E-state index contributed by atoms with van der Waals surface area (Å²) >= 11 is 0. The molecule has 0 fully saturated rings. The number of allylic oxidation sites excluding steroid dienone is 1. The normalized spacial score (nSPS) is 12.8. The summed E-state index contributed by atoms with van der Waals surface area (Å²) in [7, 11) is 0. The van der Waals surface area contributed by atoms with Gasteiger partial charge in [0.05, 0.1) is 0 Å². The Bertz CT molecular complexity index is 246. The van der Waals surface area contributed by atoms with E-state index in [4.69, 9.17) is 4.74 Å². The zero-order chi connectivity index (χ0) is 15.1. The van der Waals surface area contributed by atoms with Crippen molar-refractivity contribution in [3.63, 3.8) is 0 Å². The molecule has 0 radical (unpaired) electrons. The van der Waals surface area contributed by atoms with E-state index in [0.717, 1.165) is 32.1 Å². The smallest absolute Gasteiger partial charge is 0.302 e. The second kappa shape index (κ2) is 14.6. The number of rotatable bonds is 13. The molecular weight excluding hydrogens is 248 g/mol. The van der Waals surface area contributed by atoms with Gasteiger partial charge in [-0.15, -0.1) is 0 Å². The first-order valence-electron chi connectivity index (χ1n) is 8.52. The van der Waals surface area contributed by atoms with Gasteiger partial charge in [-0.25, -0.2) is 0 Å². The fourth-order valence-corrected chi connectivity index (χ4v) is 2.30. The Morgan fingerprint density at radius 2 is 1.60 bits per heavy atom. The van der Waals surface area contributed by atoms with Gasteiger partial charge < -0.3 is 4.74 Å². The predicted octanol–water partition coefficient (Wildman–Crippen LogP) is 5.81. The Balaban J connectivity index is 3.63. The summed E-state index contributed by atoms with van der Waals surface area (Å²) in [5, 5.41) is 0. The number of hydrogen-bond donors (Lipinski definition) is 0. The molecule has 0 N–H and O–H groups in total. The maximum Gasteiger partial charge on any atom is 0.302 e. The SMILES string of the molecule is CCCCCCCCC=CCC(CCCC)OC(C)=O. The van der Waals surface area contributed by atoms with Crippen molar-refractivity contribution in [2.45, 2.75) is 97.5 Å². The lowest BCUT2D eigenvalue weighted by Crippen LogP contribution is -2.15. The van der Waals surface area contributed by atoms with Crippen molar-refractivity contribution < 1.29 is 9.53 Å². The summed E-state index contributed by atoms with van der Waals surface area (Å²) in [5.74, 6) is -0.157. The molecule has 0 rings (SSSR count). The average Bonchev–Trinajstić information content (AvgIpc) is 2.42. The maximum absolute atomic E-state index is 11.0. The number of hydrogen-bond acceptors (Lipinski definition) is 2. The van der Waals surface area contributed by atoms with Gasteiger partial charge in [0.25, 0.3) is 0 Å². The highest BCUT2D eigenvalue weighted by Gasteiger charge is 2.09. The van der Waals surface area contributed by atoms with E-state index < -0.39 is 0 Å². The Labute approximate surface area is 126 Å². The maximum atomic E-state index is 11.0. The second-order valence-corrected chi connectivity index (χ2v) is 5.64. The first kappa shape index (κ1) is 19.2. The molecule has 1 unspecified atom stereocenters. The first-order chi connectivity index (χ1) is 9.70. The van der Waals surface area contributed by atoms with Gasteiger partial charge in [-0.05, 0) is 19.3 Å². The van der Waals surface area contributed by atoms with Crippen molar-refractivity contribution in [3.05, 3.63) is 12.2 Å². The highest BCUT2D eigenvalue weighted by molar-refractivity contribution is 5.66. The van der Waals surface area contributed by atoms with Crippen LogP contribution in [0.4, 0.5) is 0 Å². The number of carbonyl (C=O) groups is 1. The van der Waals surface area contributed by atoms with Crippen LogP contribution in [0.2, 0.25) is 0 Å². The molecule has 118 valence electrons. The molecule has 0 aliphatic heterocycles. The molecule has 0 aliphatic carbocycles. The summed E-state index contributed by atoms with van der Waals surface area (Å²) < 4.78 is 5.33. The Kier molecular flexibility index (Phi) is 14.0. The summed E-state index contributed by atoms with van der Waals surface area (Å²) in [6.07, 6.45) is 17.9. The van der Waals surface area contributed by atoms with Crippen LogP contribution in [0.5, 0.6) is 0 Å². The molecule has 0 spiro atoms. The third-order valence-electron chi connectivity index (χ3n) is 3.50. The van der Waals surface area contributed by atoms with Crippen molar-refractivity contribution in [2.24, 2.45) is 0 Å². The zero-order valence-electron chi connectivity index (χ0n) is 13.8. The van der Waals surface area contributed by atoms with Gasteiger partial charge >= 0.3 is 5.97 Å². The van der Waals surface area contributed by atoms with E-state index in [1.807, 2.05) is 0 Å². The van der Waals surface area contributed by atoms with Crippen LogP contribution in [0, 0.1) is 0 Å². The topological polar surface area (TPSA) is 26.3 Å². The average molecular weight is 282 g/mol. The third-order valence-corrected chi connectivity index (χ3v) is 3.50. The van der Waals surface area contributed by atoms with Gasteiger partial charge in [-0.1, -0.05) is 70.9 Å². The summed E-state index contributed by atoms with van der Waals surface area (Å²) in [6, 6.07) is 0. The molecule has 20 heavy (non-hydrogen) atoms. The fourth-order valence-electron chi connectivity index (χ4n) is 2.30. The minimum Gasteiger partial charge on any atom is -0.462 e. The van der Waals surface area contributed by atoms with Crippen LogP contribution in [0.3, 0.4) is 0 Å². The number of ether oxygens (including phenoxy) is 1. The molecule has 2 nitrogen and oxygen atoms in total.